The molecular weight excluding hydrogens is 245 g/mol. The minimum atomic E-state index is 0.740. The maximum absolute atomic E-state index is 5.36. The summed E-state index contributed by atoms with van der Waals surface area (Å²) < 4.78 is 0. The molecular formula is C8H11Cl2CuN. The number of hydrogen-bond donors (Lipinski definition) is 1. The van der Waals surface area contributed by atoms with E-state index in [0.717, 1.165) is 26.1 Å². The van der Waals surface area contributed by atoms with E-state index in [0.29, 0.717) is 0 Å². The van der Waals surface area contributed by atoms with Crippen LogP contribution in [0.25, 0.3) is 0 Å². The van der Waals surface area contributed by atoms with E-state index in [9.17, 15) is 0 Å². The summed E-state index contributed by atoms with van der Waals surface area (Å²) in [5, 5.41) is 0. The summed E-state index contributed by atoms with van der Waals surface area (Å²) in [6.07, 6.45) is 0.987. The monoisotopic (exact) mass is 254 g/mol. The molecule has 0 saturated carbocycles. The summed E-state index contributed by atoms with van der Waals surface area (Å²) in [5.41, 5.74) is 6.68. The van der Waals surface area contributed by atoms with Gasteiger partial charge in [0.1, 0.15) is 0 Å². The van der Waals surface area contributed by atoms with Gasteiger partial charge in [-0.25, -0.2) is 0 Å². The molecule has 12 heavy (non-hydrogen) atoms. The van der Waals surface area contributed by atoms with Gasteiger partial charge < -0.3 is 5.73 Å². The average Bonchev–Trinajstić information content (AvgIpc) is 2.08. The van der Waals surface area contributed by atoms with Crippen LogP contribution in [0.5, 0.6) is 0 Å². The number of nitrogens with two attached hydrogens (primary N) is 1. The molecule has 73 valence electrons. The zero-order valence-electron chi connectivity index (χ0n) is 6.44. The van der Waals surface area contributed by atoms with Gasteiger partial charge in [0.2, 0.25) is 0 Å². The first kappa shape index (κ1) is 12.3. The molecule has 1 aromatic rings. The predicted molar refractivity (Wildman–Crippen MR) is 50.9 cm³/mol. The van der Waals surface area contributed by atoms with E-state index in [1.54, 1.807) is 0 Å². The van der Waals surface area contributed by atoms with Crippen molar-refractivity contribution >= 4 is 20.2 Å². The fraction of sp³-hybridized carbons (Fsp3) is 0.250. The molecule has 0 fully saturated rings. The Bertz CT molecular complexity index is 182. The van der Waals surface area contributed by atoms with Gasteiger partial charge in [-0.15, -0.1) is 0 Å². The molecule has 0 radical (unpaired) electrons. The number of rotatable bonds is 2. The number of hydrogen-bond acceptors (Lipinski definition) is 1. The average molecular weight is 256 g/mol. The molecule has 4 heteroatoms. The fourth-order valence-electron chi connectivity index (χ4n) is 0.811. The van der Waals surface area contributed by atoms with E-state index >= 15 is 0 Å². The van der Waals surface area contributed by atoms with E-state index in [1.807, 2.05) is 18.2 Å². The standard InChI is InChI=1S/C8H11N.2ClH.Cu/c9-7-6-8-4-2-1-3-5-8;;;/h1-5H,6-7,9H2;2*1H;/q;;;+2/p-2. The van der Waals surface area contributed by atoms with E-state index in [4.69, 9.17) is 5.73 Å². The van der Waals surface area contributed by atoms with Crippen molar-refractivity contribution < 1.29 is 13.1 Å². The van der Waals surface area contributed by atoms with Crippen molar-refractivity contribution in [1.29, 1.82) is 0 Å². The second kappa shape index (κ2) is 9.37. The molecule has 0 heterocycles. The van der Waals surface area contributed by atoms with Crippen LogP contribution in [-0.2, 0) is 19.6 Å². The second-order valence-electron chi connectivity index (χ2n) is 2.07. The second-order valence-corrected chi connectivity index (χ2v) is 3.62. The third-order valence-electron chi connectivity index (χ3n) is 1.28. The van der Waals surface area contributed by atoms with Crippen LogP contribution in [0.3, 0.4) is 0 Å². The third kappa shape index (κ3) is 6.96. The minimum absolute atomic E-state index is 0.740. The Morgan fingerprint density at radius 1 is 1.17 bits per heavy atom. The first-order valence-corrected chi connectivity index (χ1v) is 5.99. The van der Waals surface area contributed by atoms with Gasteiger partial charge >= 0.3 is 33.3 Å². The van der Waals surface area contributed by atoms with Crippen molar-refractivity contribution in [2.75, 3.05) is 6.54 Å². The predicted octanol–water partition coefficient (Wildman–Crippen LogP) is 2.56. The fourth-order valence-corrected chi connectivity index (χ4v) is 0.811. The molecule has 2 N–H and O–H groups in total. The van der Waals surface area contributed by atoms with E-state index in [2.05, 4.69) is 32.3 Å². The van der Waals surface area contributed by atoms with Crippen LogP contribution in [-0.4, -0.2) is 6.54 Å². The molecule has 0 aromatic heterocycles. The van der Waals surface area contributed by atoms with Gasteiger partial charge in [0, 0.05) is 0 Å². The van der Waals surface area contributed by atoms with Crippen LogP contribution in [0.15, 0.2) is 30.3 Å². The Morgan fingerprint density at radius 3 is 2.08 bits per heavy atom. The third-order valence-corrected chi connectivity index (χ3v) is 1.28. The van der Waals surface area contributed by atoms with E-state index in [-0.39, 0.29) is 0 Å². The zero-order valence-corrected chi connectivity index (χ0v) is 8.89. The molecule has 1 rings (SSSR count). The summed E-state index contributed by atoms with van der Waals surface area (Å²) in [4.78, 5) is 0. The van der Waals surface area contributed by atoms with E-state index in [1.165, 1.54) is 5.56 Å². The summed E-state index contributed by atoms with van der Waals surface area (Å²) in [6.45, 7) is 0.740. The first-order chi connectivity index (χ1) is 5.85. The summed E-state index contributed by atoms with van der Waals surface area (Å²) in [7, 11) is 9.34. The van der Waals surface area contributed by atoms with Crippen LogP contribution < -0.4 is 5.73 Å². The van der Waals surface area contributed by atoms with Crippen LogP contribution >= 0.6 is 20.2 Å². The number of halogens is 2. The van der Waals surface area contributed by atoms with E-state index < -0.39 is 0 Å². The van der Waals surface area contributed by atoms with Gasteiger partial charge in [-0.3, -0.25) is 0 Å². The topological polar surface area (TPSA) is 26.0 Å². The molecule has 0 atom stereocenters. The Hall–Kier alpha value is 0.279. The van der Waals surface area contributed by atoms with Crippen molar-refractivity contribution in [2.45, 2.75) is 6.42 Å². The quantitative estimate of drug-likeness (QED) is 0.808. The van der Waals surface area contributed by atoms with Gasteiger partial charge in [0.15, 0.2) is 0 Å². The molecule has 0 saturated heterocycles. The van der Waals surface area contributed by atoms with Gasteiger partial charge in [-0.05, 0) is 18.5 Å². The molecule has 0 spiro atoms. The molecule has 0 aliphatic carbocycles. The van der Waals surface area contributed by atoms with Gasteiger partial charge in [-0.1, -0.05) is 30.3 Å². The van der Waals surface area contributed by atoms with Gasteiger partial charge in [0.25, 0.3) is 0 Å². The zero-order chi connectivity index (χ0) is 9.23. The number of benzene rings is 1. The molecule has 1 aromatic carbocycles. The Kier molecular flexibility index (Phi) is 9.59. The maximum atomic E-state index is 5.36. The van der Waals surface area contributed by atoms with Crippen molar-refractivity contribution in [3.63, 3.8) is 0 Å². The molecule has 1 nitrogen and oxygen atoms in total. The summed E-state index contributed by atoms with van der Waals surface area (Å²) in [5.74, 6) is 0. The Balaban J connectivity index is 0.000000354. The molecule has 0 aliphatic rings. The Morgan fingerprint density at radius 2 is 1.67 bits per heavy atom. The summed E-state index contributed by atoms with van der Waals surface area (Å²) in [6, 6.07) is 10.3. The Labute approximate surface area is 87.8 Å². The molecule has 0 amide bonds. The van der Waals surface area contributed by atoms with Crippen molar-refractivity contribution in [2.24, 2.45) is 5.73 Å². The SMILES string of the molecule is NCCc1ccccc1.[Cl][Cu][Cl]. The van der Waals surface area contributed by atoms with Gasteiger partial charge in [0.05, 0.1) is 0 Å². The van der Waals surface area contributed by atoms with Crippen LogP contribution in [0, 0.1) is 0 Å². The van der Waals surface area contributed by atoms with Gasteiger partial charge in [-0.2, -0.15) is 0 Å². The molecule has 0 aliphatic heterocycles. The first-order valence-electron chi connectivity index (χ1n) is 3.40. The van der Waals surface area contributed by atoms with Crippen LogP contribution in [0.2, 0.25) is 0 Å². The van der Waals surface area contributed by atoms with Crippen LogP contribution in [0.1, 0.15) is 5.56 Å². The van der Waals surface area contributed by atoms with Crippen molar-refractivity contribution in [3.05, 3.63) is 35.9 Å². The molecule has 0 unspecified atom stereocenters. The van der Waals surface area contributed by atoms with Crippen LogP contribution in [0.4, 0.5) is 0 Å². The van der Waals surface area contributed by atoms with Crippen molar-refractivity contribution in [3.8, 4) is 0 Å². The molecule has 0 bridgehead atoms. The normalized spacial score (nSPS) is 8.92. The summed E-state index contributed by atoms with van der Waals surface area (Å²) >= 11 is 0.757. The van der Waals surface area contributed by atoms with Crippen molar-refractivity contribution in [1.82, 2.24) is 0 Å².